The summed E-state index contributed by atoms with van der Waals surface area (Å²) in [6, 6.07) is 2.78. The predicted octanol–water partition coefficient (Wildman–Crippen LogP) is 0.549. The molecular weight excluding hydrogens is 220 g/mol. The fourth-order valence-electron chi connectivity index (χ4n) is 1.06. The second-order valence-electron chi connectivity index (χ2n) is 2.80. The summed E-state index contributed by atoms with van der Waals surface area (Å²) < 4.78 is 4.51. The Morgan fingerprint density at radius 2 is 2.20 bits per heavy atom. The van der Waals surface area contributed by atoms with Crippen LogP contribution in [0.25, 0.3) is 0 Å². The van der Waals surface area contributed by atoms with Crippen LogP contribution < -0.4 is 5.73 Å². The van der Waals surface area contributed by atoms with Gasteiger partial charge >= 0.3 is 5.97 Å². The Morgan fingerprint density at radius 1 is 1.53 bits per heavy atom. The molecule has 0 spiro atoms. The molecular formula is C9H9ClN2O3. The van der Waals surface area contributed by atoms with E-state index in [9.17, 15) is 9.59 Å². The number of pyridine rings is 1. The monoisotopic (exact) mass is 228 g/mol. The van der Waals surface area contributed by atoms with Gasteiger partial charge in [0.05, 0.1) is 24.8 Å². The molecule has 15 heavy (non-hydrogen) atoms. The number of nitrogens with zero attached hydrogens (tertiary/aromatic N) is 1. The van der Waals surface area contributed by atoms with Crippen molar-refractivity contribution in [2.24, 2.45) is 5.73 Å². The van der Waals surface area contributed by atoms with E-state index in [-0.39, 0.29) is 17.1 Å². The number of ether oxygens (including phenoxy) is 1. The maximum absolute atomic E-state index is 11.2. The molecule has 6 heteroatoms. The highest BCUT2D eigenvalue weighted by Crippen LogP contribution is 2.12. The van der Waals surface area contributed by atoms with Gasteiger partial charge in [-0.1, -0.05) is 11.6 Å². The van der Waals surface area contributed by atoms with Gasteiger partial charge in [-0.15, -0.1) is 0 Å². The Kier molecular flexibility index (Phi) is 3.62. The second-order valence-corrected chi connectivity index (χ2v) is 3.19. The molecule has 0 bridgehead atoms. The highest BCUT2D eigenvalue weighted by atomic mass is 35.5. The molecule has 2 N–H and O–H groups in total. The van der Waals surface area contributed by atoms with Crippen LogP contribution in [0.3, 0.4) is 0 Å². The number of rotatable bonds is 3. The Bertz CT molecular complexity index is 406. The van der Waals surface area contributed by atoms with Crippen molar-refractivity contribution in [2.75, 3.05) is 7.11 Å². The van der Waals surface area contributed by atoms with Crippen LogP contribution >= 0.6 is 11.6 Å². The Balaban J connectivity index is 3.04. The highest BCUT2D eigenvalue weighted by molar-refractivity contribution is 6.29. The standard InChI is InChI=1S/C9H9ClN2O3/c1-15-9(14)5-2-6(4-8(11)13)12-7(10)3-5/h2-3H,4H2,1H3,(H2,11,13). The molecule has 0 atom stereocenters. The van der Waals surface area contributed by atoms with Crippen LogP contribution in [0.1, 0.15) is 16.1 Å². The zero-order chi connectivity index (χ0) is 11.4. The van der Waals surface area contributed by atoms with Crippen molar-refractivity contribution >= 4 is 23.5 Å². The van der Waals surface area contributed by atoms with E-state index in [1.807, 2.05) is 0 Å². The molecule has 0 fully saturated rings. The van der Waals surface area contributed by atoms with Crippen molar-refractivity contribution < 1.29 is 14.3 Å². The number of halogens is 1. The van der Waals surface area contributed by atoms with E-state index in [1.54, 1.807) is 0 Å². The van der Waals surface area contributed by atoms with Gasteiger partial charge in [-0.3, -0.25) is 4.79 Å². The predicted molar refractivity (Wildman–Crippen MR) is 53.5 cm³/mol. The van der Waals surface area contributed by atoms with Gasteiger partial charge < -0.3 is 10.5 Å². The number of hydrogen-bond acceptors (Lipinski definition) is 4. The van der Waals surface area contributed by atoms with Gasteiger partial charge in [-0.2, -0.15) is 0 Å². The maximum Gasteiger partial charge on any atom is 0.338 e. The van der Waals surface area contributed by atoms with Crippen LogP contribution in [-0.2, 0) is 16.0 Å². The Hall–Kier alpha value is -1.62. The largest absolute Gasteiger partial charge is 0.465 e. The lowest BCUT2D eigenvalue weighted by molar-refractivity contribution is -0.117. The summed E-state index contributed by atoms with van der Waals surface area (Å²) in [6.45, 7) is 0. The quantitative estimate of drug-likeness (QED) is 0.605. The molecule has 0 radical (unpaired) electrons. The number of esters is 1. The SMILES string of the molecule is COC(=O)c1cc(Cl)nc(CC(N)=O)c1. The summed E-state index contributed by atoms with van der Waals surface area (Å²) in [5, 5.41) is 0.120. The van der Waals surface area contributed by atoms with Crippen LogP contribution in [0.4, 0.5) is 0 Å². The minimum absolute atomic E-state index is 0.0649. The first-order valence-corrected chi connectivity index (χ1v) is 4.44. The molecule has 0 saturated heterocycles. The van der Waals surface area contributed by atoms with E-state index in [1.165, 1.54) is 19.2 Å². The minimum Gasteiger partial charge on any atom is -0.465 e. The molecule has 1 aromatic rings. The van der Waals surface area contributed by atoms with E-state index in [0.29, 0.717) is 5.69 Å². The highest BCUT2D eigenvalue weighted by Gasteiger charge is 2.10. The smallest absolute Gasteiger partial charge is 0.338 e. The third-order valence-electron chi connectivity index (χ3n) is 1.62. The molecule has 0 aliphatic heterocycles. The van der Waals surface area contributed by atoms with Crippen LogP contribution in [0.2, 0.25) is 5.15 Å². The molecule has 0 saturated carbocycles. The molecule has 0 aliphatic carbocycles. The van der Waals surface area contributed by atoms with Gasteiger partial charge in [-0.05, 0) is 12.1 Å². The summed E-state index contributed by atoms with van der Waals surface area (Å²) in [5.74, 6) is -1.08. The summed E-state index contributed by atoms with van der Waals surface area (Å²) in [7, 11) is 1.25. The molecule has 1 rings (SSSR count). The van der Waals surface area contributed by atoms with Crippen LogP contribution in [0.15, 0.2) is 12.1 Å². The number of carbonyl (C=O) groups is 2. The number of methoxy groups -OCH3 is 1. The van der Waals surface area contributed by atoms with Crippen LogP contribution in [0, 0.1) is 0 Å². The van der Waals surface area contributed by atoms with Gasteiger partial charge in [0, 0.05) is 0 Å². The van der Waals surface area contributed by atoms with Crippen molar-refractivity contribution in [2.45, 2.75) is 6.42 Å². The molecule has 80 valence electrons. The third-order valence-corrected chi connectivity index (χ3v) is 1.82. The lowest BCUT2D eigenvalue weighted by Crippen LogP contribution is -2.15. The zero-order valence-corrected chi connectivity index (χ0v) is 8.75. The number of nitrogens with two attached hydrogens (primary N) is 1. The first-order valence-electron chi connectivity index (χ1n) is 4.06. The molecule has 0 unspecified atom stereocenters. The minimum atomic E-state index is -0.541. The van der Waals surface area contributed by atoms with Crippen molar-refractivity contribution in [3.63, 3.8) is 0 Å². The fourth-order valence-corrected chi connectivity index (χ4v) is 1.28. The number of aromatic nitrogens is 1. The van der Waals surface area contributed by atoms with E-state index in [0.717, 1.165) is 0 Å². The zero-order valence-electron chi connectivity index (χ0n) is 7.99. The van der Waals surface area contributed by atoms with Crippen molar-refractivity contribution in [3.05, 3.63) is 28.5 Å². The lowest BCUT2D eigenvalue weighted by Gasteiger charge is -2.02. The summed E-state index contributed by atoms with van der Waals surface area (Å²) >= 11 is 5.66. The van der Waals surface area contributed by atoms with Crippen LogP contribution in [-0.4, -0.2) is 24.0 Å². The average molecular weight is 229 g/mol. The maximum atomic E-state index is 11.2. The van der Waals surface area contributed by atoms with Gasteiger partial charge in [-0.25, -0.2) is 9.78 Å². The second kappa shape index (κ2) is 4.75. The van der Waals surface area contributed by atoms with Crippen LogP contribution in [0.5, 0.6) is 0 Å². The third kappa shape index (κ3) is 3.21. The van der Waals surface area contributed by atoms with Gasteiger partial charge in [0.15, 0.2) is 0 Å². The van der Waals surface area contributed by atoms with Crippen molar-refractivity contribution in [1.29, 1.82) is 0 Å². The molecule has 1 heterocycles. The van der Waals surface area contributed by atoms with Gasteiger partial charge in [0.25, 0.3) is 0 Å². The van der Waals surface area contributed by atoms with E-state index >= 15 is 0 Å². The Labute approximate surface area is 91.2 Å². The number of primary amides is 1. The number of carbonyl (C=O) groups excluding carboxylic acids is 2. The van der Waals surface area contributed by atoms with Crippen molar-refractivity contribution in [3.8, 4) is 0 Å². The number of amides is 1. The van der Waals surface area contributed by atoms with E-state index in [4.69, 9.17) is 17.3 Å². The van der Waals surface area contributed by atoms with Gasteiger partial charge in [0.2, 0.25) is 5.91 Å². The Morgan fingerprint density at radius 3 is 2.73 bits per heavy atom. The molecule has 5 nitrogen and oxygen atoms in total. The molecule has 0 aromatic carbocycles. The first-order chi connectivity index (χ1) is 7.02. The molecule has 0 aliphatic rings. The normalized spacial score (nSPS) is 9.73. The summed E-state index contributed by atoms with van der Waals surface area (Å²) in [5.41, 5.74) is 5.58. The van der Waals surface area contributed by atoms with Crippen molar-refractivity contribution in [1.82, 2.24) is 4.98 Å². The summed E-state index contributed by atoms with van der Waals surface area (Å²) in [6.07, 6.45) is -0.0649. The first kappa shape index (κ1) is 11.5. The van der Waals surface area contributed by atoms with E-state index < -0.39 is 11.9 Å². The average Bonchev–Trinajstić information content (AvgIpc) is 2.14. The summed E-state index contributed by atoms with van der Waals surface area (Å²) in [4.78, 5) is 25.7. The topological polar surface area (TPSA) is 82.3 Å². The van der Waals surface area contributed by atoms with E-state index in [2.05, 4.69) is 9.72 Å². The number of hydrogen-bond donors (Lipinski definition) is 1. The van der Waals surface area contributed by atoms with Gasteiger partial charge in [0.1, 0.15) is 5.15 Å². The lowest BCUT2D eigenvalue weighted by atomic mass is 10.2. The molecule has 1 aromatic heterocycles. The molecule has 1 amide bonds. The fraction of sp³-hybridized carbons (Fsp3) is 0.222.